The molecule has 1 aliphatic rings. The van der Waals surface area contributed by atoms with Gasteiger partial charge in [-0.05, 0) is 17.7 Å². The van der Waals surface area contributed by atoms with Crippen molar-refractivity contribution in [3.8, 4) is 5.75 Å². The van der Waals surface area contributed by atoms with Gasteiger partial charge in [0.1, 0.15) is 11.8 Å². The van der Waals surface area contributed by atoms with E-state index in [9.17, 15) is 15.0 Å². The van der Waals surface area contributed by atoms with E-state index in [1.807, 2.05) is 4.90 Å². The summed E-state index contributed by atoms with van der Waals surface area (Å²) in [5, 5.41) is 27.9. The van der Waals surface area contributed by atoms with Crippen LogP contribution in [-0.2, 0) is 4.79 Å². The highest BCUT2D eigenvalue weighted by Crippen LogP contribution is 2.25. The van der Waals surface area contributed by atoms with Crippen LogP contribution in [0.15, 0.2) is 24.3 Å². The van der Waals surface area contributed by atoms with Crippen molar-refractivity contribution in [2.24, 2.45) is 0 Å². The summed E-state index contributed by atoms with van der Waals surface area (Å²) in [6, 6.07) is 5.67. The molecule has 1 aliphatic heterocycles. The lowest BCUT2D eigenvalue weighted by Gasteiger charge is -2.37. The molecule has 1 saturated heterocycles. The van der Waals surface area contributed by atoms with E-state index in [0.29, 0.717) is 25.2 Å². The number of nitrogens with zero attached hydrogens (tertiary/aromatic N) is 2. The monoisotopic (exact) mass is 280 g/mol. The molecule has 110 valence electrons. The maximum atomic E-state index is 11.5. The van der Waals surface area contributed by atoms with Crippen LogP contribution in [0.1, 0.15) is 11.6 Å². The second-order valence-corrected chi connectivity index (χ2v) is 4.94. The van der Waals surface area contributed by atoms with E-state index in [0.717, 1.165) is 13.1 Å². The van der Waals surface area contributed by atoms with Crippen LogP contribution in [0, 0.1) is 0 Å². The fraction of sp³-hybridized carbons (Fsp3) is 0.500. The number of aliphatic hydroxyl groups is 1. The Bertz CT molecular complexity index is 458. The Morgan fingerprint density at radius 3 is 2.50 bits per heavy atom. The molecule has 2 rings (SSSR count). The van der Waals surface area contributed by atoms with Gasteiger partial charge in [-0.2, -0.15) is 0 Å². The van der Waals surface area contributed by atoms with Crippen LogP contribution in [0.3, 0.4) is 0 Å². The summed E-state index contributed by atoms with van der Waals surface area (Å²) in [6.07, 6.45) is 0. The number of piperazine rings is 1. The molecular weight excluding hydrogens is 260 g/mol. The molecule has 1 heterocycles. The van der Waals surface area contributed by atoms with Gasteiger partial charge in [-0.3, -0.25) is 14.6 Å². The van der Waals surface area contributed by atoms with Gasteiger partial charge in [0.15, 0.2) is 0 Å². The third-order valence-corrected chi connectivity index (χ3v) is 3.61. The Kier molecular flexibility index (Phi) is 4.94. The number of benzene rings is 1. The number of carboxylic acids is 1. The van der Waals surface area contributed by atoms with Crippen LogP contribution in [0.4, 0.5) is 0 Å². The molecule has 0 bridgehead atoms. The van der Waals surface area contributed by atoms with Gasteiger partial charge in [-0.1, -0.05) is 12.1 Å². The number of phenols is 1. The first-order valence-electron chi connectivity index (χ1n) is 6.71. The van der Waals surface area contributed by atoms with Crippen molar-refractivity contribution in [2.45, 2.75) is 6.04 Å². The highest BCUT2D eigenvalue weighted by molar-refractivity contribution is 5.75. The van der Waals surface area contributed by atoms with E-state index in [1.165, 1.54) is 12.1 Å². The van der Waals surface area contributed by atoms with E-state index in [4.69, 9.17) is 5.11 Å². The summed E-state index contributed by atoms with van der Waals surface area (Å²) in [6.45, 7) is 3.48. The largest absolute Gasteiger partial charge is 0.508 e. The number of aromatic hydroxyl groups is 1. The zero-order chi connectivity index (χ0) is 14.5. The van der Waals surface area contributed by atoms with Crippen LogP contribution in [0.25, 0.3) is 0 Å². The third kappa shape index (κ3) is 3.47. The van der Waals surface area contributed by atoms with E-state index in [1.54, 1.807) is 12.1 Å². The zero-order valence-corrected chi connectivity index (χ0v) is 11.3. The van der Waals surface area contributed by atoms with Gasteiger partial charge >= 0.3 is 5.97 Å². The van der Waals surface area contributed by atoms with Crippen molar-refractivity contribution >= 4 is 5.97 Å². The molecule has 3 N–H and O–H groups in total. The SMILES string of the molecule is O=C(O)C(c1cccc(O)c1)N1CCN(CCO)CC1. The number of carbonyl (C=O) groups is 1. The molecule has 0 aromatic heterocycles. The molecule has 1 aromatic carbocycles. The summed E-state index contributed by atoms with van der Waals surface area (Å²) in [7, 11) is 0. The maximum Gasteiger partial charge on any atom is 0.325 e. The number of aliphatic carboxylic acids is 1. The maximum absolute atomic E-state index is 11.5. The lowest BCUT2D eigenvalue weighted by molar-refractivity contribution is -0.144. The third-order valence-electron chi connectivity index (χ3n) is 3.61. The number of phenolic OH excluding ortho intramolecular Hbond substituents is 1. The number of aliphatic hydroxyl groups excluding tert-OH is 1. The summed E-state index contributed by atoms with van der Waals surface area (Å²) in [5.74, 6) is -0.834. The summed E-state index contributed by atoms with van der Waals surface area (Å²) in [5.41, 5.74) is 0.591. The standard InChI is InChI=1S/C14H20N2O4/c17-9-8-15-4-6-16(7-5-15)13(14(19)20)11-2-1-3-12(18)10-11/h1-3,10,13,17-18H,4-9H2,(H,19,20). The lowest BCUT2D eigenvalue weighted by Crippen LogP contribution is -2.49. The highest BCUT2D eigenvalue weighted by Gasteiger charge is 2.30. The molecule has 1 aromatic rings. The predicted molar refractivity (Wildman–Crippen MR) is 73.6 cm³/mol. The number of hydrogen-bond acceptors (Lipinski definition) is 5. The van der Waals surface area contributed by atoms with Crippen molar-refractivity contribution in [3.63, 3.8) is 0 Å². The molecule has 1 fully saturated rings. The minimum absolute atomic E-state index is 0.0765. The quantitative estimate of drug-likeness (QED) is 0.711. The van der Waals surface area contributed by atoms with E-state index in [2.05, 4.69) is 4.90 Å². The Morgan fingerprint density at radius 1 is 1.25 bits per heavy atom. The Morgan fingerprint density at radius 2 is 1.95 bits per heavy atom. The van der Waals surface area contributed by atoms with Gasteiger partial charge in [0.05, 0.1) is 6.61 Å². The first kappa shape index (κ1) is 14.8. The molecule has 0 radical (unpaired) electrons. The predicted octanol–water partition coefficient (Wildman–Crippen LogP) is 0.128. The van der Waals surface area contributed by atoms with Crippen LogP contribution >= 0.6 is 0 Å². The van der Waals surface area contributed by atoms with Crippen LogP contribution in [0.5, 0.6) is 5.75 Å². The molecule has 1 unspecified atom stereocenters. The van der Waals surface area contributed by atoms with Crippen LogP contribution in [0.2, 0.25) is 0 Å². The fourth-order valence-electron chi connectivity index (χ4n) is 2.59. The van der Waals surface area contributed by atoms with Crippen molar-refractivity contribution < 1.29 is 20.1 Å². The Balaban J connectivity index is 2.09. The van der Waals surface area contributed by atoms with Crippen molar-refractivity contribution in [3.05, 3.63) is 29.8 Å². The van der Waals surface area contributed by atoms with Crippen molar-refractivity contribution in [1.29, 1.82) is 0 Å². The Hall–Kier alpha value is -1.63. The Labute approximate surface area is 117 Å². The average molecular weight is 280 g/mol. The molecule has 6 nitrogen and oxygen atoms in total. The molecule has 0 spiro atoms. The molecule has 0 amide bonds. The van der Waals surface area contributed by atoms with Gasteiger partial charge < -0.3 is 15.3 Å². The average Bonchev–Trinajstić information content (AvgIpc) is 2.41. The topological polar surface area (TPSA) is 84.2 Å². The summed E-state index contributed by atoms with van der Waals surface area (Å²) >= 11 is 0. The molecule has 6 heteroatoms. The molecule has 0 aliphatic carbocycles. The van der Waals surface area contributed by atoms with Crippen molar-refractivity contribution in [2.75, 3.05) is 39.3 Å². The van der Waals surface area contributed by atoms with Gasteiger partial charge in [-0.25, -0.2) is 0 Å². The van der Waals surface area contributed by atoms with Crippen LogP contribution < -0.4 is 0 Å². The van der Waals surface area contributed by atoms with Gasteiger partial charge in [0.25, 0.3) is 0 Å². The molecule has 20 heavy (non-hydrogen) atoms. The smallest absolute Gasteiger partial charge is 0.325 e. The zero-order valence-electron chi connectivity index (χ0n) is 11.3. The number of β-amino-alcohol motifs (C(OH)–C–C–N with tert-alkyl or cyclic N) is 1. The fourth-order valence-corrected chi connectivity index (χ4v) is 2.59. The van der Waals surface area contributed by atoms with Crippen LogP contribution in [-0.4, -0.2) is 70.4 Å². The molecular formula is C14H20N2O4. The van der Waals surface area contributed by atoms with Gasteiger partial charge in [0, 0.05) is 32.7 Å². The van der Waals surface area contributed by atoms with E-state index >= 15 is 0 Å². The summed E-state index contributed by atoms with van der Waals surface area (Å²) in [4.78, 5) is 15.5. The number of carboxylic acid groups (broad SMARTS) is 1. The van der Waals surface area contributed by atoms with Crippen molar-refractivity contribution in [1.82, 2.24) is 9.80 Å². The first-order valence-corrected chi connectivity index (χ1v) is 6.71. The highest BCUT2D eigenvalue weighted by atomic mass is 16.4. The second kappa shape index (κ2) is 6.69. The van der Waals surface area contributed by atoms with E-state index in [-0.39, 0.29) is 12.4 Å². The second-order valence-electron chi connectivity index (χ2n) is 4.94. The minimum Gasteiger partial charge on any atom is -0.508 e. The van der Waals surface area contributed by atoms with Gasteiger partial charge in [-0.15, -0.1) is 0 Å². The van der Waals surface area contributed by atoms with E-state index < -0.39 is 12.0 Å². The first-order chi connectivity index (χ1) is 9.61. The normalized spacial score (nSPS) is 18.9. The van der Waals surface area contributed by atoms with Gasteiger partial charge in [0.2, 0.25) is 0 Å². The number of rotatable bonds is 5. The molecule has 0 saturated carbocycles. The minimum atomic E-state index is -0.911. The lowest BCUT2D eigenvalue weighted by atomic mass is 10.0. The number of hydrogen-bond donors (Lipinski definition) is 3. The summed E-state index contributed by atoms with van der Waals surface area (Å²) < 4.78 is 0. The molecule has 1 atom stereocenters.